The van der Waals surface area contributed by atoms with Gasteiger partial charge in [0.15, 0.2) is 0 Å². The minimum atomic E-state index is -0.0290. The van der Waals surface area contributed by atoms with Crippen molar-refractivity contribution < 1.29 is 9.53 Å². The van der Waals surface area contributed by atoms with Crippen LogP contribution >= 0.6 is 0 Å². The molecule has 0 atom stereocenters. The summed E-state index contributed by atoms with van der Waals surface area (Å²) in [6, 6.07) is 17.9. The fraction of sp³-hybridized carbons (Fsp3) is 0.350. The standard InChI is InChI=1S/C20H26N2O2/c1-3-22(4-2)19-12-10-18(11-13-19)21-20(23)14-15-24-16-17-8-6-5-7-9-17/h5-13H,3-4,14-16H2,1-2H3,(H,21,23). The van der Waals surface area contributed by atoms with Gasteiger partial charge in [-0.05, 0) is 43.7 Å². The molecule has 0 fully saturated rings. The van der Waals surface area contributed by atoms with Gasteiger partial charge < -0.3 is 15.0 Å². The van der Waals surface area contributed by atoms with Crippen LogP contribution in [0.4, 0.5) is 11.4 Å². The minimum Gasteiger partial charge on any atom is -0.376 e. The second-order valence-corrected chi connectivity index (χ2v) is 5.56. The molecule has 0 heterocycles. The summed E-state index contributed by atoms with van der Waals surface area (Å²) >= 11 is 0. The van der Waals surface area contributed by atoms with Gasteiger partial charge in [0, 0.05) is 24.5 Å². The highest BCUT2D eigenvalue weighted by Gasteiger charge is 2.05. The van der Waals surface area contributed by atoms with Gasteiger partial charge in [-0.15, -0.1) is 0 Å². The second kappa shape index (κ2) is 9.73. The van der Waals surface area contributed by atoms with Crippen LogP contribution in [-0.4, -0.2) is 25.6 Å². The molecule has 0 saturated heterocycles. The summed E-state index contributed by atoms with van der Waals surface area (Å²) in [5.74, 6) is -0.0290. The van der Waals surface area contributed by atoms with Gasteiger partial charge in [-0.25, -0.2) is 0 Å². The Morgan fingerprint density at radius 3 is 2.29 bits per heavy atom. The predicted octanol–water partition coefficient (Wildman–Crippen LogP) is 4.08. The SMILES string of the molecule is CCN(CC)c1ccc(NC(=O)CCOCc2ccccc2)cc1. The Kier molecular flexibility index (Phi) is 7.30. The highest BCUT2D eigenvalue weighted by Crippen LogP contribution is 2.17. The van der Waals surface area contributed by atoms with Gasteiger partial charge in [-0.2, -0.15) is 0 Å². The molecule has 4 heteroatoms. The molecular weight excluding hydrogens is 300 g/mol. The fourth-order valence-corrected chi connectivity index (χ4v) is 2.50. The average Bonchev–Trinajstić information content (AvgIpc) is 2.62. The Hall–Kier alpha value is -2.33. The lowest BCUT2D eigenvalue weighted by Crippen LogP contribution is -2.21. The molecule has 128 valence electrons. The van der Waals surface area contributed by atoms with Gasteiger partial charge in [0.1, 0.15) is 0 Å². The summed E-state index contributed by atoms with van der Waals surface area (Å²) in [6.07, 6.45) is 0.352. The number of hydrogen-bond donors (Lipinski definition) is 1. The van der Waals surface area contributed by atoms with E-state index in [1.54, 1.807) is 0 Å². The second-order valence-electron chi connectivity index (χ2n) is 5.56. The lowest BCUT2D eigenvalue weighted by atomic mass is 10.2. The molecule has 1 N–H and O–H groups in total. The van der Waals surface area contributed by atoms with E-state index in [-0.39, 0.29) is 5.91 Å². The lowest BCUT2D eigenvalue weighted by Gasteiger charge is -2.21. The molecule has 0 aliphatic carbocycles. The van der Waals surface area contributed by atoms with Crippen LogP contribution in [0.3, 0.4) is 0 Å². The lowest BCUT2D eigenvalue weighted by molar-refractivity contribution is -0.117. The van der Waals surface area contributed by atoms with E-state index in [1.807, 2.05) is 54.6 Å². The number of anilines is 2. The number of carbonyl (C=O) groups excluding carboxylic acids is 1. The molecule has 2 rings (SSSR count). The third-order valence-electron chi connectivity index (χ3n) is 3.86. The van der Waals surface area contributed by atoms with Crippen molar-refractivity contribution in [2.45, 2.75) is 26.9 Å². The normalized spacial score (nSPS) is 10.4. The smallest absolute Gasteiger partial charge is 0.226 e. The Bertz CT molecular complexity index is 607. The number of hydrogen-bond acceptors (Lipinski definition) is 3. The quantitative estimate of drug-likeness (QED) is 0.706. The van der Waals surface area contributed by atoms with E-state index in [0.717, 1.165) is 24.3 Å². The first-order chi connectivity index (χ1) is 11.7. The first-order valence-electron chi connectivity index (χ1n) is 8.49. The van der Waals surface area contributed by atoms with E-state index in [2.05, 4.69) is 24.1 Å². The number of nitrogens with zero attached hydrogens (tertiary/aromatic N) is 1. The van der Waals surface area contributed by atoms with Crippen molar-refractivity contribution in [1.82, 2.24) is 0 Å². The van der Waals surface area contributed by atoms with Crippen molar-refractivity contribution in [3.63, 3.8) is 0 Å². The number of rotatable bonds is 9. The highest BCUT2D eigenvalue weighted by atomic mass is 16.5. The third kappa shape index (κ3) is 5.70. The summed E-state index contributed by atoms with van der Waals surface area (Å²) in [6.45, 7) is 7.16. The van der Waals surface area contributed by atoms with E-state index >= 15 is 0 Å². The van der Waals surface area contributed by atoms with Gasteiger partial charge in [-0.3, -0.25) is 4.79 Å². The summed E-state index contributed by atoms with van der Waals surface area (Å²) in [5, 5.41) is 2.91. The molecule has 0 aliphatic rings. The molecule has 0 aliphatic heterocycles. The van der Waals surface area contributed by atoms with Gasteiger partial charge in [0.05, 0.1) is 19.6 Å². The summed E-state index contributed by atoms with van der Waals surface area (Å²) < 4.78 is 5.54. The Morgan fingerprint density at radius 1 is 1.00 bits per heavy atom. The van der Waals surface area contributed by atoms with E-state index in [9.17, 15) is 4.79 Å². The third-order valence-corrected chi connectivity index (χ3v) is 3.86. The molecule has 0 aromatic heterocycles. The molecule has 2 aromatic carbocycles. The van der Waals surface area contributed by atoms with Crippen molar-refractivity contribution >= 4 is 17.3 Å². The Morgan fingerprint density at radius 2 is 1.67 bits per heavy atom. The highest BCUT2D eigenvalue weighted by molar-refractivity contribution is 5.90. The van der Waals surface area contributed by atoms with Crippen LogP contribution in [0.5, 0.6) is 0 Å². The van der Waals surface area contributed by atoms with Crippen LogP contribution in [0.2, 0.25) is 0 Å². The number of ether oxygens (including phenoxy) is 1. The monoisotopic (exact) mass is 326 g/mol. The molecule has 0 unspecified atom stereocenters. The number of nitrogens with one attached hydrogen (secondary N) is 1. The largest absolute Gasteiger partial charge is 0.376 e. The molecule has 0 bridgehead atoms. The van der Waals surface area contributed by atoms with Crippen molar-refractivity contribution in [2.75, 3.05) is 29.9 Å². The van der Waals surface area contributed by atoms with E-state index in [4.69, 9.17) is 4.74 Å². The van der Waals surface area contributed by atoms with Crippen LogP contribution < -0.4 is 10.2 Å². The molecular formula is C20H26N2O2. The van der Waals surface area contributed by atoms with Crippen LogP contribution in [0.25, 0.3) is 0 Å². The van der Waals surface area contributed by atoms with Crippen LogP contribution in [-0.2, 0) is 16.1 Å². The van der Waals surface area contributed by atoms with Gasteiger partial charge in [0.25, 0.3) is 0 Å². The van der Waals surface area contributed by atoms with Crippen molar-refractivity contribution in [1.29, 1.82) is 0 Å². The number of amides is 1. The minimum absolute atomic E-state index is 0.0290. The first kappa shape index (κ1) is 18.0. The summed E-state index contributed by atoms with van der Waals surface area (Å²) in [4.78, 5) is 14.2. The van der Waals surface area contributed by atoms with E-state index in [1.165, 1.54) is 5.69 Å². The summed E-state index contributed by atoms with van der Waals surface area (Å²) in [7, 11) is 0. The summed E-state index contributed by atoms with van der Waals surface area (Å²) in [5.41, 5.74) is 3.10. The van der Waals surface area contributed by atoms with E-state index in [0.29, 0.717) is 19.6 Å². The zero-order valence-electron chi connectivity index (χ0n) is 14.5. The molecule has 0 saturated carbocycles. The Balaban J connectivity index is 1.72. The zero-order valence-corrected chi connectivity index (χ0v) is 14.5. The number of benzene rings is 2. The maximum Gasteiger partial charge on any atom is 0.226 e. The van der Waals surface area contributed by atoms with Crippen LogP contribution in [0.15, 0.2) is 54.6 Å². The maximum atomic E-state index is 12.0. The molecule has 1 amide bonds. The molecule has 24 heavy (non-hydrogen) atoms. The molecule has 4 nitrogen and oxygen atoms in total. The zero-order chi connectivity index (χ0) is 17.2. The van der Waals surface area contributed by atoms with Gasteiger partial charge in [0.2, 0.25) is 5.91 Å². The van der Waals surface area contributed by atoms with Crippen molar-refractivity contribution in [3.05, 3.63) is 60.2 Å². The predicted molar refractivity (Wildman–Crippen MR) is 99.3 cm³/mol. The van der Waals surface area contributed by atoms with Crippen molar-refractivity contribution in [2.24, 2.45) is 0 Å². The molecule has 2 aromatic rings. The molecule has 0 spiro atoms. The fourth-order valence-electron chi connectivity index (χ4n) is 2.50. The molecule has 0 radical (unpaired) electrons. The van der Waals surface area contributed by atoms with E-state index < -0.39 is 0 Å². The number of carbonyl (C=O) groups is 1. The van der Waals surface area contributed by atoms with Crippen molar-refractivity contribution in [3.8, 4) is 0 Å². The maximum absolute atomic E-state index is 12.0. The van der Waals surface area contributed by atoms with Crippen LogP contribution in [0.1, 0.15) is 25.8 Å². The average molecular weight is 326 g/mol. The van der Waals surface area contributed by atoms with Crippen LogP contribution in [0, 0.1) is 0 Å². The topological polar surface area (TPSA) is 41.6 Å². The van der Waals surface area contributed by atoms with Gasteiger partial charge in [-0.1, -0.05) is 30.3 Å². The Labute approximate surface area is 144 Å². The first-order valence-corrected chi connectivity index (χ1v) is 8.49. The van der Waals surface area contributed by atoms with Gasteiger partial charge >= 0.3 is 0 Å².